The number of aryl methyl sites for hydroxylation is 1. The predicted molar refractivity (Wildman–Crippen MR) is 192 cm³/mol. The van der Waals surface area contributed by atoms with Crippen LogP contribution in [-0.2, 0) is 18.0 Å². The number of halogens is 1. The highest BCUT2D eigenvalue weighted by Gasteiger charge is 2.28. The van der Waals surface area contributed by atoms with Crippen LogP contribution in [0.4, 0.5) is 17.5 Å². The highest BCUT2D eigenvalue weighted by molar-refractivity contribution is 7.82. The summed E-state index contributed by atoms with van der Waals surface area (Å²) >= 11 is 5.91. The molecule has 3 saturated heterocycles. The van der Waals surface area contributed by atoms with E-state index >= 15 is 0 Å². The number of anilines is 3. The van der Waals surface area contributed by atoms with Crippen molar-refractivity contribution >= 4 is 50.9 Å². The lowest BCUT2D eigenvalue weighted by atomic mass is 9.88. The topological polar surface area (TPSA) is 94.5 Å². The van der Waals surface area contributed by atoms with Gasteiger partial charge in [-0.3, -0.25) is 4.68 Å². The maximum Gasteiger partial charge on any atom is 0.222 e. The zero-order valence-electron chi connectivity index (χ0n) is 27.4. The minimum absolute atomic E-state index is 0.262. The van der Waals surface area contributed by atoms with E-state index in [-0.39, 0.29) is 6.04 Å². The normalized spacial score (nSPS) is 20.1. The second kappa shape index (κ2) is 14.5. The lowest BCUT2D eigenvalue weighted by Crippen LogP contribution is -2.41. The van der Waals surface area contributed by atoms with Crippen LogP contribution in [0.15, 0.2) is 59.8 Å². The molecule has 0 radical (unpaired) electrons. The summed E-state index contributed by atoms with van der Waals surface area (Å²) in [6, 6.07) is 15.6. The van der Waals surface area contributed by atoms with Crippen LogP contribution in [0.3, 0.4) is 0 Å². The summed E-state index contributed by atoms with van der Waals surface area (Å²) in [7, 11) is 2.79. The molecule has 3 aliphatic heterocycles. The SMILES string of the molecule is CNc1nn(C)c2cc(C3CCN(CC4CCN(c5cccc(S(=O)N6CCC(Nc7ncc(Cl)cn7)CC6)c5)CC4)CC3)ccc12. The van der Waals surface area contributed by atoms with Gasteiger partial charge < -0.3 is 20.4 Å². The Balaban J connectivity index is 0.862. The smallest absolute Gasteiger partial charge is 0.222 e. The van der Waals surface area contributed by atoms with Crippen LogP contribution in [-0.4, -0.2) is 92.1 Å². The predicted octanol–water partition coefficient (Wildman–Crippen LogP) is 5.75. The van der Waals surface area contributed by atoms with E-state index in [4.69, 9.17) is 11.6 Å². The molecule has 2 N–H and O–H groups in total. The average Bonchev–Trinajstić information content (AvgIpc) is 3.44. The van der Waals surface area contributed by atoms with Crippen molar-refractivity contribution in [2.45, 2.75) is 55.4 Å². The maximum absolute atomic E-state index is 13.6. The number of hydrogen-bond donors (Lipinski definition) is 2. The number of fused-ring (bicyclic) bond motifs is 1. The summed E-state index contributed by atoms with van der Waals surface area (Å²) in [6.45, 7) is 7.19. The number of rotatable bonds is 9. The van der Waals surface area contributed by atoms with Gasteiger partial charge in [-0.2, -0.15) is 5.10 Å². The van der Waals surface area contributed by atoms with Gasteiger partial charge in [0.1, 0.15) is 11.0 Å². The van der Waals surface area contributed by atoms with E-state index in [1.807, 2.05) is 24.8 Å². The fourth-order valence-electron chi connectivity index (χ4n) is 7.57. The molecule has 3 aliphatic rings. The molecular weight excluding hydrogens is 630 g/mol. The van der Waals surface area contributed by atoms with E-state index in [9.17, 15) is 4.21 Å². The molecule has 2 aromatic carbocycles. The Morgan fingerprint density at radius 2 is 1.66 bits per heavy atom. The summed E-state index contributed by atoms with van der Waals surface area (Å²) in [5.41, 5.74) is 3.85. The molecule has 3 fully saturated rings. The Kier molecular flexibility index (Phi) is 9.95. The van der Waals surface area contributed by atoms with Gasteiger partial charge in [-0.15, -0.1) is 0 Å². The molecule has 4 aromatic rings. The van der Waals surface area contributed by atoms with Crippen LogP contribution >= 0.6 is 11.6 Å². The van der Waals surface area contributed by atoms with E-state index in [0.717, 1.165) is 55.7 Å². The van der Waals surface area contributed by atoms with Gasteiger partial charge in [0.25, 0.3) is 0 Å². The van der Waals surface area contributed by atoms with Gasteiger partial charge in [-0.25, -0.2) is 18.5 Å². The van der Waals surface area contributed by atoms with Crippen molar-refractivity contribution in [1.82, 2.24) is 29.0 Å². The first kappa shape index (κ1) is 32.3. The van der Waals surface area contributed by atoms with Gasteiger partial charge in [0.05, 0.1) is 27.8 Å². The Hall–Kier alpha value is -3.25. The molecule has 0 saturated carbocycles. The van der Waals surface area contributed by atoms with E-state index in [0.29, 0.717) is 16.9 Å². The molecule has 1 atom stereocenters. The van der Waals surface area contributed by atoms with E-state index in [2.05, 4.69) is 76.2 Å². The van der Waals surface area contributed by atoms with Crippen LogP contribution in [0, 0.1) is 5.92 Å². The number of likely N-dealkylation sites (tertiary alicyclic amines) is 1. The van der Waals surface area contributed by atoms with Gasteiger partial charge in [0.2, 0.25) is 5.95 Å². The van der Waals surface area contributed by atoms with Crippen molar-refractivity contribution in [2.24, 2.45) is 13.0 Å². The fraction of sp³-hybridized carbons (Fsp3) is 0.514. The first-order valence-electron chi connectivity index (χ1n) is 17.1. The molecule has 12 heteroatoms. The van der Waals surface area contributed by atoms with Crippen molar-refractivity contribution in [3.63, 3.8) is 0 Å². The van der Waals surface area contributed by atoms with Crippen LogP contribution in [0.25, 0.3) is 10.9 Å². The van der Waals surface area contributed by atoms with Gasteiger partial charge >= 0.3 is 0 Å². The molecule has 10 nitrogen and oxygen atoms in total. The minimum atomic E-state index is -1.17. The fourth-order valence-corrected chi connectivity index (χ4v) is 8.93. The number of hydrogen-bond acceptors (Lipinski definition) is 8. The first-order chi connectivity index (χ1) is 22.9. The Labute approximate surface area is 285 Å². The second-order valence-electron chi connectivity index (χ2n) is 13.3. The molecule has 0 aliphatic carbocycles. The lowest BCUT2D eigenvalue weighted by Gasteiger charge is -2.38. The van der Waals surface area contributed by atoms with Gasteiger partial charge in [-0.1, -0.05) is 23.7 Å². The van der Waals surface area contributed by atoms with E-state index in [1.165, 1.54) is 67.5 Å². The molecule has 0 bridgehead atoms. The lowest BCUT2D eigenvalue weighted by molar-refractivity contribution is 0.170. The number of aromatic nitrogens is 4. The van der Waals surface area contributed by atoms with Crippen molar-refractivity contribution in [2.75, 3.05) is 68.4 Å². The number of piperidine rings is 3. The third-order valence-corrected chi connectivity index (χ3v) is 12.0. The standard InChI is InChI=1S/C35H46ClN9OS/c1-37-34-32-7-6-27(20-33(32)42(2)41-34)26-10-14-43(15-11-26)24-25-8-16-44(17-9-25)30-4-3-5-31(21-30)47(46)45-18-12-29(13-19-45)40-35-38-22-28(36)23-39-35/h3-7,20-23,25-26,29H,8-19,24H2,1-2H3,(H,37,41)(H,38,39,40). The molecule has 1 unspecified atom stereocenters. The van der Waals surface area contributed by atoms with Crippen LogP contribution in [0.5, 0.6) is 0 Å². The summed E-state index contributed by atoms with van der Waals surface area (Å²) in [4.78, 5) is 14.6. The third-order valence-electron chi connectivity index (χ3n) is 10.3. The quantitative estimate of drug-likeness (QED) is 0.232. The van der Waals surface area contributed by atoms with Crippen molar-refractivity contribution < 1.29 is 4.21 Å². The van der Waals surface area contributed by atoms with E-state index in [1.54, 1.807) is 12.4 Å². The van der Waals surface area contributed by atoms with Crippen molar-refractivity contribution in [3.8, 4) is 0 Å². The van der Waals surface area contributed by atoms with E-state index < -0.39 is 11.0 Å². The largest absolute Gasteiger partial charge is 0.371 e. The third kappa shape index (κ3) is 7.43. The van der Waals surface area contributed by atoms with Crippen LogP contribution in [0.2, 0.25) is 5.02 Å². The summed E-state index contributed by atoms with van der Waals surface area (Å²) in [6.07, 6.45) is 9.83. The molecule has 47 heavy (non-hydrogen) atoms. The molecular formula is C35H46ClN9OS. The van der Waals surface area contributed by atoms with Crippen LogP contribution < -0.4 is 15.5 Å². The maximum atomic E-state index is 13.6. The summed E-state index contributed by atoms with van der Waals surface area (Å²) in [5, 5.41) is 12.9. The Morgan fingerprint density at radius 1 is 0.915 bits per heavy atom. The Morgan fingerprint density at radius 3 is 2.38 bits per heavy atom. The molecule has 0 spiro atoms. The number of nitrogens with one attached hydrogen (secondary N) is 2. The first-order valence-corrected chi connectivity index (χ1v) is 18.5. The van der Waals surface area contributed by atoms with Gasteiger partial charge in [0, 0.05) is 63.9 Å². The number of benzene rings is 2. The average molecular weight is 676 g/mol. The molecule has 5 heterocycles. The molecule has 250 valence electrons. The highest BCUT2D eigenvalue weighted by atomic mass is 35.5. The van der Waals surface area contributed by atoms with Gasteiger partial charge in [0.15, 0.2) is 5.82 Å². The molecule has 2 aromatic heterocycles. The summed E-state index contributed by atoms with van der Waals surface area (Å²) < 4.78 is 17.6. The summed E-state index contributed by atoms with van der Waals surface area (Å²) in [5.74, 6) is 2.90. The number of nitrogens with zero attached hydrogens (tertiary/aromatic N) is 7. The zero-order chi connectivity index (χ0) is 32.3. The molecule has 7 rings (SSSR count). The monoisotopic (exact) mass is 675 g/mol. The zero-order valence-corrected chi connectivity index (χ0v) is 29.0. The Bertz CT molecular complexity index is 1670. The minimum Gasteiger partial charge on any atom is -0.371 e. The van der Waals surface area contributed by atoms with Gasteiger partial charge in [-0.05, 0) is 99.3 Å². The van der Waals surface area contributed by atoms with Crippen molar-refractivity contribution in [1.29, 1.82) is 0 Å². The van der Waals surface area contributed by atoms with Crippen LogP contribution in [0.1, 0.15) is 50.0 Å². The molecule has 0 amide bonds. The highest BCUT2D eigenvalue weighted by Crippen LogP contribution is 2.33. The van der Waals surface area contributed by atoms with Crippen molar-refractivity contribution in [3.05, 3.63) is 65.4 Å². The second-order valence-corrected chi connectivity index (χ2v) is 15.2.